The molecule has 3 heterocycles. The second-order valence-electron chi connectivity index (χ2n) is 6.10. The van der Waals surface area contributed by atoms with Gasteiger partial charge >= 0.3 is 6.03 Å². The van der Waals surface area contributed by atoms with E-state index in [-0.39, 0.29) is 30.4 Å². The molecule has 8 heteroatoms. The minimum Gasteiger partial charge on any atom is -0.343 e. The SMILES string of the molecule is CN1C(=O)NC(=O)C2C1NC1N(c3cccc(Cl)c3)CCCN21. The molecule has 2 N–H and O–H groups in total. The molecule has 122 valence electrons. The van der Waals surface area contributed by atoms with Crippen LogP contribution in [-0.4, -0.2) is 60.4 Å². The number of fused-ring (bicyclic) bond motifs is 3. The Hall–Kier alpha value is -1.83. The van der Waals surface area contributed by atoms with Crippen LogP contribution in [0.2, 0.25) is 5.02 Å². The molecule has 3 saturated heterocycles. The first kappa shape index (κ1) is 14.7. The highest BCUT2D eigenvalue weighted by Crippen LogP contribution is 2.31. The lowest BCUT2D eigenvalue weighted by Gasteiger charge is -2.42. The number of urea groups is 1. The maximum atomic E-state index is 12.3. The Bertz CT molecular complexity index is 669. The van der Waals surface area contributed by atoms with E-state index in [1.807, 2.05) is 24.3 Å². The second kappa shape index (κ2) is 5.36. The Kier molecular flexibility index (Phi) is 3.44. The van der Waals surface area contributed by atoms with Gasteiger partial charge in [-0.2, -0.15) is 0 Å². The van der Waals surface area contributed by atoms with Gasteiger partial charge in [-0.1, -0.05) is 17.7 Å². The van der Waals surface area contributed by atoms with Gasteiger partial charge in [0.15, 0.2) is 0 Å². The van der Waals surface area contributed by atoms with Crippen LogP contribution in [0.4, 0.5) is 10.5 Å². The number of imide groups is 1. The molecule has 3 unspecified atom stereocenters. The Labute approximate surface area is 139 Å². The summed E-state index contributed by atoms with van der Waals surface area (Å²) in [5.74, 6) is -0.235. The van der Waals surface area contributed by atoms with E-state index in [9.17, 15) is 9.59 Å². The molecule has 0 saturated carbocycles. The molecule has 3 amide bonds. The normalized spacial score (nSPS) is 31.0. The second-order valence-corrected chi connectivity index (χ2v) is 6.54. The first-order chi connectivity index (χ1) is 11.1. The third kappa shape index (κ3) is 2.27. The van der Waals surface area contributed by atoms with Crippen LogP contribution in [0.1, 0.15) is 6.42 Å². The summed E-state index contributed by atoms with van der Waals surface area (Å²) in [5.41, 5.74) is 1.01. The van der Waals surface area contributed by atoms with Gasteiger partial charge in [-0.15, -0.1) is 0 Å². The van der Waals surface area contributed by atoms with Gasteiger partial charge in [-0.05, 0) is 24.6 Å². The smallest absolute Gasteiger partial charge is 0.325 e. The van der Waals surface area contributed by atoms with Crippen molar-refractivity contribution in [2.75, 3.05) is 25.0 Å². The van der Waals surface area contributed by atoms with E-state index < -0.39 is 0 Å². The van der Waals surface area contributed by atoms with Gasteiger partial charge in [0, 0.05) is 30.8 Å². The zero-order valence-electron chi connectivity index (χ0n) is 12.7. The van der Waals surface area contributed by atoms with Crippen molar-refractivity contribution >= 4 is 29.2 Å². The largest absolute Gasteiger partial charge is 0.343 e. The number of likely N-dealkylation sites (N-methyl/N-ethyl adjacent to an activating group) is 1. The summed E-state index contributed by atoms with van der Waals surface area (Å²) in [5, 5.41) is 6.53. The minimum atomic E-state index is -0.371. The Morgan fingerprint density at radius 3 is 2.87 bits per heavy atom. The van der Waals surface area contributed by atoms with E-state index in [1.54, 1.807) is 11.9 Å². The van der Waals surface area contributed by atoms with E-state index >= 15 is 0 Å². The molecule has 1 aromatic rings. The van der Waals surface area contributed by atoms with Gasteiger partial charge in [-0.25, -0.2) is 4.79 Å². The molecule has 0 radical (unpaired) electrons. The number of anilines is 1. The predicted octanol–water partition coefficient (Wildman–Crippen LogP) is 0.615. The molecule has 3 atom stereocenters. The van der Waals surface area contributed by atoms with Gasteiger partial charge in [-0.3, -0.25) is 20.3 Å². The lowest BCUT2D eigenvalue weighted by atomic mass is 10.1. The molecular weight excluding hydrogens is 318 g/mol. The average Bonchev–Trinajstić information content (AvgIpc) is 2.92. The monoisotopic (exact) mass is 335 g/mol. The first-order valence-corrected chi connectivity index (χ1v) is 8.06. The molecule has 3 fully saturated rings. The Morgan fingerprint density at radius 1 is 1.26 bits per heavy atom. The summed E-state index contributed by atoms with van der Waals surface area (Å²) >= 11 is 6.12. The van der Waals surface area contributed by atoms with Crippen molar-refractivity contribution in [1.82, 2.24) is 20.4 Å². The maximum Gasteiger partial charge on any atom is 0.325 e. The molecule has 0 spiro atoms. The van der Waals surface area contributed by atoms with Crippen LogP contribution in [0.3, 0.4) is 0 Å². The number of halogens is 1. The van der Waals surface area contributed by atoms with Gasteiger partial charge in [0.2, 0.25) is 5.91 Å². The predicted molar refractivity (Wildman–Crippen MR) is 85.9 cm³/mol. The number of hydrogen-bond donors (Lipinski definition) is 2. The topological polar surface area (TPSA) is 67.9 Å². The zero-order valence-corrected chi connectivity index (χ0v) is 13.5. The van der Waals surface area contributed by atoms with Crippen LogP contribution >= 0.6 is 11.6 Å². The number of hydrogen-bond acceptors (Lipinski definition) is 5. The highest BCUT2D eigenvalue weighted by Gasteiger charge is 2.53. The van der Waals surface area contributed by atoms with Crippen molar-refractivity contribution in [2.24, 2.45) is 0 Å². The number of nitrogens with one attached hydrogen (secondary N) is 2. The van der Waals surface area contributed by atoms with Crippen molar-refractivity contribution in [3.8, 4) is 0 Å². The number of carbonyl (C=O) groups is 2. The summed E-state index contributed by atoms with van der Waals surface area (Å²) in [6.45, 7) is 1.68. The zero-order chi connectivity index (χ0) is 16.1. The van der Waals surface area contributed by atoms with Crippen LogP contribution in [0.5, 0.6) is 0 Å². The van der Waals surface area contributed by atoms with Gasteiger partial charge < -0.3 is 9.80 Å². The number of carbonyl (C=O) groups excluding carboxylic acids is 2. The summed E-state index contributed by atoms with van der Waals surface area (Å²) in [4.78, 5) is 30.0. The van der Waals surface area contributed by atoms with Crippen LogP contribution in [0.15, 0.2) is 24.3 Å². The molecule has 0 aliphatic carbocycles. The van der Waals surface area contributed by atoms with Crippen molar-refractivity contribution in [2.45, 2.75) is 24.9 Å². The molecule has 0 bridgehead atoms. The number of rotatable bonds is 1. The van der Waals surface area contributed by atoms with Gasteiger partial charge in [0.05, 0.1) is 0 Å². The van der Waals surface area contributed by atoms with Crippen LogP contribution in [-0.2, 0) is 4.79 Å². The number of benzene rings is 1. The molecule has 7 nitrogen and oxygen atoms in total. The third-order valence-corrected chi connectivity index (χ3v) is 5.01. The quantitative estimate of drug-likeness (QED) is 0.787. The molecule has 3 aliphatic heterocycles. The maximum absolute atomic E-state index is 12.3. The van der Waals surface area contributed by atoms with E-state index in [2.05, 4.69) is 20.4 Å². The van der Waals surface area contributed by atoms with E-state index in [1.165, 1.54) is 0 Å². The number of nitrogens with zero attached hydrogens (tertiary/aromatic N) is 3. The fourth-order valence-electron chi connectivity index (χ4n) is 3.69. The van der Waals surface area contributed by atoms with Gasteiger partial charge in [0.25, 0.3) is 0 Å². The van der Waals surface area contributed by atoms with Crippen LogP contribution in [0, 0.1) is 0 Å². The van der Waals surface area contributed by atoms with E-state index in [0.29, 0.717) is 5.02 Å². The van der Waals surface area contributed by atoms with Gasteiger partial charge in [0.1, 0.15) is 18.5 Å². The summed E-state index contributed by atoms with van der Waals surface area (Å²) < 4.78 is 0. The van der Waals surface area contributed by atoms with Crippen molar-refractivity contribution in [3.05, 3.63) is 29.3 Å². The van der Waals surface area contributed by atoms with Crippen molar-refractivity contribution < 1.29 is 9.59 Å². The summed E-state index contributed by atoms with van der Waals surface area (Å²) in [6.07, 6.45) is 0.496. The summed E-state index contributed by atoms with van der Waals surface area (Å²) in [6, 6.07) is 6.95. The Morgan fingerprint density at radius 2 is 2.09 bits per heavy atom. The highest BCUT2D eigenvalue weighted by atomic mass is 35.5. The molecular formula is C15H18ClN5O2. The molecule has 23 heavy (non-hydrogen) atoms. The lowest BCUT2D eigenvalue weighted by Crippen LogP contribution is -2.65. The molecule has 3 aliphatic rings. The van der Waals surface area contributed by atoms with E-state index in [4.69, 9.17) is 11.6 Å². The average molecular weight is 336 g/mol. The highest BCUT2D eigenvalue weighted by molar-refractivity contribution is 6.30. The molecule has 1 aromatic carbocycles. The third-order valence-electron chi connectivity index (χ3n) is 4.78. The van der Waals surface area contributed by atoms with E-state index in [0.717, 1.165) is 25.2 Å². The Balaban J connectivity index is 1.67. The first-order valence-electron chi connectivity index (χ1n) is 7.68. The molecule has 4 rings (SSSR count). The standard InChI is InChI=1S/C15H18ClN5O2/c1-19-12-11(13(22)18-15(19)23)21-7-3-6-20(14(21)17-12)10-5-2-4-9(16)8-10/h2,4-5,8,11-12,14,17H,3,6-7H2,1H3,(H,18,22,23). The fraction of sp³-hybridized carbons (Fsp3) is 0.467. The van der Waals surface area contributed by atoms with Crippen molar-refractivity contribution in [3.63, 3.8) is 0 Å². The lowest BCUT2D eigenvalue weighted by molar-refractivity contribution is -0.128. The fourth-order valence-corrected chi connectivity index (χ4v) is 3.87. The van der Waals surface area contributed by atoms with Crippen molar-refractivity contribution in [1.29, 1.82) is 0 Å². The molecule has 0 aromatic heterocycles. The minimum absolute atomic E-state index is 0.128. The van der Waals surface area contributed by atoms with Crippen LogP contribution in [0.25, 0.3) is 0 Å². The summed E-state index contributed by atoms with van der Waals surface area (Å²) in [7, 11) is 1.70. The number of amides is 3. The van der Waals surface area contributed by atoms with Crippen LogP contribution < -0.4 is 15.5 Å².